The summed E-state index contributed by atoms with van der Waals surface area (Å²) in [5.41, 5.74) is 3.16. The number of hydrogen-bond acceptors (Lipinski definition) is 5. The van der Waals surface area contributed by atoms with E-state index in [0.29, 0.717) is 29.7 Å². The van der Waals surface area contributed by atoms with Gasteiger partial charge in [0.25, 0.3) is 0 Å². The summed E-state index contributed by atoms with van der Waals surface area (Å²) < 4.78 is 27.2. The first kappa shape index (κ1) is 14.2. The van der Waals surface area contributed by atoms with E-state index < -0.39 is 10.0 Å². The van der Waals surface area contributed by atoms with Crippen molar-refractivity contribution >= 4 is 26.7 Å². The third kappa shape index (κ3) is 2.99. The normalized spacial score (nSPS) is 21.4. The molecule has 0 spiro atoms. The van der Waals surface area contributed by atoms with Crippen LogP contribution in [-0.2, 0) is 10.0 Å². The lowest BCUT2D eigenvalue weighted by atomic mass is 10.2. The van der Waals surface area contributed by atoms with Crippen LogP contribution in [0, 0.1) is 11.8 Å². The zero-order valence-corrected chi connectivity index (χ0v) is 12.5. The predicted octanol–water partition coefficient (Wildman–Crippen LogP) is 1.45. The van der Waals surface area contributed by atoms with E-state index in [-0.39, 0.29) is 4.90 Å². The molecule has 1 aliphatic carbocycles. The van der Waals surface area contributed by atoms with E-state index in [0.717, 1.165) is 11.8 Å². The molecule has 1 aromatic heterocycles. The summed E-state index contributed by atoms with van der Waals surface area (Å²) in [6.45, 7) is 2.64. The van der Waals surface area contributed by atoms with Crippen LogP contribution in [0.15, 0.2) is 35.2 Å². The maximum atomic E-state index is 12.3. The topological polar surface area (TPSA) is 97.1 Å². The highest BCUT2D eigenvalue weighted by Gasteiger charge is 2.33. The van der Waals surface area contributed by atoms with Crippen LogP contribution in [0.2, 0.25) is 0 Å². The fourth-order valence-electron chi connectivity index (χ4n) is 2.33. The molecule has 112 valence electrons. The Balaban J connectivity index is 1.85. The minimum absolute atomic E-state index is 0.263. The Kier molecular flexibility index (Phi) is 3.56. The molecule has 1 aromatic carbocycles. The molecule has 7 heteroatoms. The minimum Gasteiger partial charge on any atom is -0.308 e. The predicted molar refractivity (Wildman–Crippen MR) is 82.0 cm³/mol. The van der Waals surface area contributed by atoms with Crippen LogP contribution in [0.5, 0.6) is 0 Å². The second-order valence-electron chi connectivity index (χ2n) is 5.52. The first-order valence-corrected chi connectivity index (χ1v) is 8.35. The van der Waals surface area contributed by atoms with Gasteiger partial charge in [0.15, 0.2) is 0 Å². The Labute approximate surface area is 123 Å². The summed E-state index contributed by atoms with van der Waals surface area (Å²) in [6, 6.07) is 8.37. The number of nitrogens with two attached hydrogens (primary N) is 1. The molecule has 21 heavy (non-hydrogen) atoms. The maximum Gasteiger partial charge on any atom is 0.240 e. The van der Waals surface area contributed by atoms with E-state index in [9.17, 15) is 8.42 Å². The third-order valence-electron chi connectivity index (χ3n) is 3.93. The van der Waals surface area contributed by atoms with Gasteiger partial charge in [-0.05, 0) is 48.6 Å². The first-order valence-electron chi connectivity index (χ1n) is 6.87. The zero-order valence-electron chi connectivity index (χ0n) is 11.7. The molecule has 2 unspecified atom stereocenters. The molecule has 1 fully saturated rings. The van der Waals surface area contributed by atoms with Gasteiger partial charge in [-0.1, -0.05) is 6.92 Å². The van der Waals surface area contributed by atoms with Crippen LogP contribution in [0.25, 0.3) is 10.9 Å². The van der Waals surface area contributed by atoms with E-state index in [1.54, 1.807) is 30.3 Å². The first-order chi connectivity index (χ1) is 9.99. The van der Waals surface area contributed by atoms with Crippen molar-refractivity contribution in [2.45, 2.75) is 18.2 Å². The van der Waals surface area contributed by atoms with E-state index in [1.165, 1.54) is 0 Å². The number of hydrogen-bond donors (Lipinski definition) is 3. The summed E-state index contributed by atoms with van der Waals surface area (Å²) in [7, 11) is -3.46. The van der Waals surface area contributed by atoms with Gasteiger partial charge in [0.1, 0.15) is 5.82 Å². The van der Waals surface area contributed by atoms with Crippen molar-refractivity contribution in [2.24, 2.45) is 17.7 Å². The number of nitrogens with one attached hydrogen (secondary N) is 2. The average molecular weight is 306 g/mol. The summed E-state index contributed by atoms with van der Waals surface area (Å²) in [5, 5.41) is 0.761. The molecule has 0 amide bonds. The van der Waals surface area contributed by atoms with E-state index in [2.05, 4.69) is 22.1 Å². The molecule has 3 rings (SSSR count). The minimum atomic E-state index is -3.46. The molecule has 1 heterocycles. The largest absolute Gasteiger partial charge is 0.308 e. The molecule has 2 aromatic rings. The average Bonchev–Trinajstić information content (AvgIpc) is 3.20. The molecule has 1 saturated carbocycles. The van der Waals surface area contributed by atoms with Gasteiger partial charge in [0.05, 0.1) is 10.4 Å². The van der Waals surface area contributed by atoms with Crippen LogP contribution in [0.3, 0.4) is 0 Å². The van der Waals surface area contributed by atoms with Crippen molar-refractivity contribution in [3.63, 3.8) is 0 Å². The number of rotatable bonds is 5. The van der Waals surface area contributed by atoms with Crippen LogP contribution >= 0.6 is 0 Å². The molecule has 1 aliphatic rings. The summed E-state index contributed by atoms with van der Waals surface area (Å²) >= 11 is 0. The quantitative estimate of drug-likeness (QED) is 0.574. The Morgan fingerprint density at radius 2 is 2.10 bits per heavy atom. The van der Waals surface area contributed by atoms with Crippen molar-refractivity contribution in [3.8, 4) is 0 Å². The number of sulfonamides is 1. The van der Waals surface area contributed by atoms with E-state index in [4.69, 9.17) is 5.84 Å². The molecule has 0 aliphatic heterocycles. The van der Waals surface area contributed by atoms with Crippen LogP contribution in [0.4, 0.5) is 5.82 Å². The van der Waals surface area contributed by atoms with Gasteiger partial charge in [-0.2, -0.15) is 0 Å². The second-order valence-corrected chi connectivity index (χ2v) is 7.29. The fraction of sp³-hybridized carbons (Fsp3) is 0.357. The SMILES string of the molecule is CC1CC1CNS(=O)(=O)c1ccc2nc(NN)ccc2c1. The van der Waals surface area contributed by atoms with E-state index >= 15 is 0 Å². The lowest BCUT2D eigenvalue weighted by Crippen LogP contribution is -2.26. The summed E-state index contributed by atoms with van der Waals surface area (Å²) in [5.74, 6) is 6.94. The monoisotopic (exact) mass is 306 g/mol. The number of pyridine rings is 1. The lowest BCUT2D eigenvalue weighted by molar-refractivity contribution is 0.574. The molecule has 0 bridgehead atoms. The van der Waals surface area contributed by atoms with Gasteiger partial charge in [-0.15, -0.1) is 0 Å². The van der Waals surface area contributed by atoms with Crippen LogP contribution in [-0.4, -0.2) is 19.9 Å². The Morgan fingerprint density at radius 3 is 2.76 bits per heavy atom. The second kappa shape index (κ2) is 5.25. The number of hydrazine groups is 1. The highest BCUT2D eigenvalue weighted by Crippen LogP contribution is 2.37. The van der Waals surface area contributed by atoms with Crippen molar-refractivity contribution in [2.75, 3.05) is 12.0 Å². The van der Waals surface area contributed by atoms with Gasteiger partial charge in [0.2, 0.25) is 10.0 Å². The number of aromatic nitrogens is 1. The van der Waals surface area contributed by atoms with E-state index in [1.807, 2.05) is 0 Å². The Hall–Kier alpha value is -1.70. The van der Waals surface area contributed by atoms with Crippen LogP contribution in [0.1, 0.15) is 13.3 Å². The van der Waals surface area contributed by atoms with Crippen LogP contribution < -0.4 is 16.0 Å². The fourth-order valence-corrected chi connectivity index (χ4v) is 3.46. The highest BCUT2D eigenvalue weighted by atomic mass is 32.2. The number of nitrogens with zero attached hydrogens (tertiary/aromatic N) is 1. The molecule has 2 atom stereocenters. The highest BCUT2D eigenvalue weighted by molar-refractivity contribution is 7.89. The van der Waals surface area contributed by atoms with Gasteiger partial charge >= 0.3 is 0 Å². The lowest BCUT2D eigenvalue weighted by Gasteiger charge is -2.08. The zero-order chi connectivity index (χ0) is 15.0. The van der Waals surface area contributed by atoms with Gasteiger partial charge in [-0.25, -0.2) is 24.0 Å². The van der Waals surface area contributed by atoms with Gasteiger partial charge in [0, 0.05) is 11.9 Å². The number of anilines is 1. The molecule has 0 radical (unpaired) electrons. The third-order valence-corrected chi connectivity index (χ3v) is 5.35. The smallest absolute Gasteiger partial charge is 0.240 e. The molecular formula is C14H18N4O2S. The van der Waals surface area contributed by atoms with Gasteiger partial charge in [-0.3, -0.25) is 0 Å². The van der Waals surface area contributed by atoms with Crippen molar-refractivity contribution in [1.82, 2.24) is 9.71 Å². The molecular weight excluding hydrogens is 288 g/mol. The Morgan fingerprint density at radius 1 is 1.33 bits per heavy atom. The summed E-state index contributed by atoms with van der Waals surface area (Å²) in [6.07, 6.45) is 1.10. The Bertz CT molecular complexity index is 776. The van der Waals surface area contributed by atoms with Crippen molar-refractivity contribution in [1.29, 1.82) is 0 Å². The van der Waals surface area contributed by atoms with Gasteiger partial charge < -0.3 is 5.43 Å². The summed E-state index contributed by atoms with van der Waals surface area (Å²) in [4.78, 5) is 4.52. The maximum absolute atomic E-state index is 12.3. The van der Waals surface area contributed by atoms with Crippen molar-refractivity contribution < 1.29 is 8.42 Å². The number of fused-ring (bicyclic) bond motifs is 1. The number of benzene rings is 1. The van der Waals surface area contributed by atoms with Crippen molar-refractivity contribution in [3.05, 3.63) is 30.3 Å². The molecule has 0 saturated heterocycles. The molecule has 6 nitrogen and oxygen atoms in total. The number of nitrogen functional groups attached to an aromatic ring is 1. The standard InChI is InChI=1S/C14H18N4O2S/c1-9-6-11(9)8-16-21(19,20)12-3-4-13-10(7-12)2-5-14(17-13)18-15/h2-5,7,9,11,16H,6,8,15H2,1H3,(H,17,18). The molecule has 4 N–H and O–H groups in total.